The third-order valence-corrected chi connectivity index (χ3v) is 5.71. The zero-order chi connectivity index (χ0) is 14.0. The molecule has 0 spiro atoms. The van der Waals surface area contributed by atoms with Crippen molar-refractivity contribution in [2.24, 2.45) is 0 Å². The molecule has 0 aromatic carbocycles. The van der Waals surface area contributed by atoms with E-state index in [-0.39, 0.29) is 15.0 Å². The van der Waals surface area contributed by atoms with Crippen molar-refractivity contribution >= 4 is 43.8 Å². The molecule has 0 aliphatic carbocycles. The summed E-state index contributed by atoms with van der Waals surface area (Å²) in [5.41, 5.74) is 1.75. The molecule has 1 N–H and O–H groups in total. The molecule has 2 rings (SSSR count). The predicted octanol–water partition coefficient (Wildman–Crippen LogP) is 1.50. The number of carbonyl (C=O) groups excluding carboxylic acids is 1. The van der Waals surface area contributed by atoms with Crippen molar-refractivity contribution in [2.45, 2.75) is 11.1 Å². The molecule has 10 heteroatoms. The molecule has 0 aliphatic rings. The maximum Gasteiger partial charge on any atom is 0.358 e. The van der Waals surface area contributed by atoms with Crippen LogP contribution in [0.15, 0.2) is 15.1 Å². The first-order valence-corrected chi connectivity index (χ1v) is 8.15. The van der Waals surface area contributed by atoms with Crippen LogP contribution < -0.4 is 4.72 Å². The van der Waals surface area contributed by atoms with Gasteiger partial charge in [-0.1, -0.05) is 0 Å². The molecule has 0 atom stereocenters. The highest BCUT2D eigenvalue weighted by atomic mass is 32.2. The van der Waals surface area contributed by atoms with Crippen molar-refractivity contribution in [3.8, 4) is 0 Å². The molecule has 0 saturated carbocycles. The lowest BCUT2D eigenvalue weighted by Gasteiger charge is -2.03. The van der Waals surface area contributed by atoms with E-state index in [0.29, 0.717) is 5.69 Å². The average molecular weight is 319 g/mol. The summed E-state index contributed by atoms with van der Waals surface area (Å²) in [4.78, 5) is 19.1. The molecule has 2 aromatic heterocycles. The van der Waals surface area contributed by atoms with E-state index in [4.69, 9.17) is 0 Å². The minimum Gasteiger partial charge on any atom is -0.464 e. The van der Waals surface area contributed by atoms with E-state index in [1.54, 1.807) is 12.3 Å². The number of hydrogen-bond donors (Lipinski definition) is 1. The number of carbonyl (C=O) groups is 1. The summed E-state index contributed by atoms with van der Waals surface area (Å²) in [5.74, 6) is -0.794. The second kappa shape index (κ2) is 5.23. The number of nitrogens with zero attached hydrogens (tertiary/aromatic N) is 2. The number of aromatic nitrogens is 2. The van der Waals surface area contributed by atoms with Crippen LogP contribution in [0.25, 0.3) is 0 Å². The van der Waals surface area contributed by atoms with Crippen molar-refractivity contribution in [3.05, 3.63) is 22.3 Å². The van der Waals surface area contributed by atoms with Gasteiger partial charge in [-0.3, -0.25) is 4.72 Å². The number of aryl methyl sites for hydroxylation is 1. The van der Waals surface area contributed by atoms with Crippen LogP contribution in [-0.4, -0.2) is 31.5 Å². The Balaban J connectivity index is 2.35. The number of ether oxygens (including phenoxy) is 1. The third-order valence-electron chi connectivity index (χ3n) is 2.00. The fourth-order valence-corrected chi connectivity index (χ4v) is 4.30. The molecule has 0 amide bonds. The fraction of sp³-hybridized carbons (Fsp3) is 0.222. The average Bonchev–Trinajstić information content (AvgIpc) is 2.97. The van der Waals surface area contributed by atoms with Crippen LogP contribution in [0.3, 0.4) is 0 Å². The van der Waals surface area contributed by atoms with Crippen LogP contribution in [0, 0.1) is 6.92 Å². The van der Waals surface area contributed by atoms with Gasteiger partial charge in [0, 0.05) is 5.38 Å². The van der Waals surface area contributed by atoms with E-state index in [0.717, 1.165) is 29.8 Å². The molecule has 2 aromatic rings. The van der Waals surface area contributed by atoms with Crippen LogP contribution in [-0.2, 0) is 14.8 Å². The maximum atomic E-state index is 12.1. The van der Waals surface area contributed by atoms with Crippen molar-refractivity contribution in [1.29, 1.82) is 0 Å². The lowest BCUT2D eigenvalue weighted by molar-refractivity contribution is 0.0590. The van der Waals surface area contributed by atoms with Gasteiger partial charge in [-0.05, 0) is 6.92 Å². The van der Waals surface area contributed by atoms with Gasteiger partial charge in [-0.2, -0.15) is 0 Å². The predicted molar refractivity (Wildman–Crippen MR) is 71.1 cm³/mol. The first-order valence-electron chi connectivity index (χ1n) is 4.91. The first kappa shape index (κ1) is 13.9. The lowest BCUT2D eigenvalue weighted by atomic mass is 10.5. The Kier molecular flexibility index (Phi) is 3.83. The molecular weight excluding hydrogens is 310 g/mol. The van der Waals surface area contributed by atoms with Crippen LogP contribution in [0.2, 0.25) is 0 Å². The zero-order valence-corrected chi connectivity index (χ0v) is 12.4. The van der Waals surface area contributed by atoms with Crippen LogP contribution in [0.5, 0.6) is 0 Å². The first-order chi connectivity index (χ1) is 8.94. The molecule has 0 fully saturated rings. The molecule has 102 valence electrons. The largest absolute Gasteiger partial charge is 0.464 e. The van der Waals surface area contributed by atoms with Crippen LogP contribution in [0.4, 0.5) is 5.13 Å². The minimum atomic E-state index is -3.89. The highest BCUT2D eigenvalue weighted by molar-refractivity contribution is 7.94. The van der Waals surface area contributed by atoms with Gasteiger partial charge in [0.2, 0.25) is 0 Å². The minimum absolute atomic E-state index is 0.188. The molecular formula is C9H9N3O4S3. The Hall–Kier alpha value is -1.52. The maximum absolute atomic E-state index is 12.1. The summed E-state index contributed by atoms with van der Waals surface area (Å²) in [6.45, 7) is 1.75. The molecule has 0 radical (unpaired) electrons. The smallest absolute Gasteiger partial charge is 0.358 e. The van der Waals surface area contributed by atoms with Gasteiger partial charge in [0.1, 0.15) is 0 Å². The Bertz CT molecular complexity index is 704. The van der Waals surface area contributed by atoms with E-state index in [2.05, 4.69) is 19.4 Å². The molecule has 0 saturated heterocycles. The van der Waals surface area contributed by atoms with Gasteiger partial charge in [0.05, 0.1) is 18.3 Å². The van der Waals surface area contributed by atoms with Crippen LogP contribution in [0.1, 0.15) is 16.2 Å². The van der Waals surface area contributed by atoms with E-state index >= 15 is 0 Å². The van der Waals surface area contributed by atoms with E-state index in [1.165, 1.54) is 5.51 Å². The quantitative estimate of drug-likeness (QED) is 0.857. The molecule has 7 nitrogen and oxygen atoms in total. The number of nitrogens with one attached hydrogen (secondary N) is 1. The fourth-order valence-electron chi connectivity index (χ4n) is 1.22. The molecule has 0 unspecified atom stereocenters. The zero-order valence-electron chi connectivity index (χ0n) is 9.91. The SMILES string of the molecule is COC(=O)c1ncsc1S(=O)(=O)Nc1nc(C)cs1. The number of rotatable bonds is 4. The molecule has 2 heterocycles. The second-order valence-electron chi connectivity index (χ2n) is 3.38. The van der Waals surface area contributed by atoms with Gasteiger partial charge in [0.25, 0.3) is 10.0 Å². The van der Waals surface area contributed by atoms with E-state index in [1.807, 2.05) is 0 Å². The van der Waals surface area contributed by atoms with E-state index < -0.39 is 16.0 Å². The van der Waals surface area contributed by atoms with Gasteiger partial charge >= 0.3 is 5.97 Å². The summed E-state index contributed by atoms with van der Waals surface area (Å²) >= 11 is 2.00. The summed E-state index contributed by atoms with van der Waals surface area (Å²) in [7, 11) is -2.73. The number of thiazole rings is 2. The molecule has 0 bridgehead atoms. The summed E-state index contributed by atoms with van der Waals surface area (Å²) in [5, 5.41) is 1.95. The highest BCUT2D eigenvalue weighted by Gasteiger charge is 2.27. The number of sulfonamides is 1. The van der Waals surface area contributed by atoms with Crippen molar-refractivity contribution in [2.75, 3.05) is 11.8 Å². The number of esters is 1. The second-order valence-corrected chi connectivity index (χ2v) is 6.97. The van der Waals surface area contributed by atoms with Crippen molar-refractivity contribution in [1.82, 2.24) is 9.97 Å². The number of anilines is 1. The highest BCUT2D eigenvalue weighted by Crippen LogP contribution is 2.25. The van der Waals surface area contributed by atoms with Gasteiger partial charge < -0.3 is 4.74 Å². The normalized spacial score (nSPS) is 11.3. The third kappa shape index (κ3) is 2.91. The van der Waals surface area contributed by atoms with Gasteiger partial charge in [-0.25, -0.2) is 23.2 Å². The lowest BCUT2D eigenvalue weighted by Crippen LogP contribution is -2.16. The Labute approximate surface area is 117 Å². The van der Waals surface area contributed by atoms with Gasteiger partial charge in [-0.15, -0.1) is 22.7 Å². The Morgan fingerprint density at radius 2 is 2.16 bits per heavy atom. The Morgan fingerprint density at radius 3 is 2.74 bits per heavy atom. The summed E-state index contributed by atoms with van der Waals surface area (Å²) in [6.07, 6.45) is 0. The molecule has 19 heavy (non-hydrogen) atoms. The van der Waals surface area contributed by atoms with Gasteiger partial charge in [0.15, 0.2) is 15.0 Å². The van der Waals surface area contributed by atoms with Crippen LogP contribution >= 0.6 is 22.7 Å². The standard InChI is InChI=1S/C9H9N3O4S3/c1-5-3-17-9(11-5)12-19(14,15)8-6(7(13)16-2)10-4-18-8/h3-4H,1-2H3,(H,11,12). The topological polar surface area (TPSA) is 98.2 Å². The molecule has 0 aliphatic heterocycles. The summed E-state index contributed by atoms with van der Waals surface area (Å²) < 4.78 is 30.9. The summed E-state index contributed by atoms with van der Waals surface area (Å²) in [6, 6.07) is 0. The van der Waals surface area contributed by atoms with E-state index in [9.17, 15) is 13.2 Å². The van der Waals surface area contributed by atoms with Crippen molar-refractivity contribution < 1.29 is 17.9 Å². The number of methoxy groups -OCH3 is 1. The van der Waals surface area contributed by atoms with Crippen molar-refractivity contribution in [3.63, 3.8) is 0 Å². The monoisotopic (exact) mass is 319 g/mol. The number of hydrogen-bond acceptors (Lipinski definition) is 8. The Morgan fingerprint density at radius 1 is 1.42 bits per heavy atom.